The van der Waals surface area contributed by atoms with Crippen LogP contribution in [0.5, 0.6) is 0 Å². The highest BCUT2D eigenvalue weighted by atomic mass is 16.5. The summed E-state index contributed by atoms with van der Waals surface area (Å²) in [6, 6.07) is 5.02. The first-order valence-corrected chi connectivity index (χ1v) is 5.94. The molecule has 0 aliphatic rings. The van der Waals surface area contributed by atoms with Crippen LogP contribution >= 0.6 is 0 Å². The Balaban J connectivity index is 2.04. The molecule has 2 rings (SSSR count). The molecule has 106 valence electrons. The van der Waals surface area contributed by atoms with Crippen LogP contribution < -0.4 is 10.6 Å². The van der Waals surface area contributed by atoms with Gasteiger partial charge in [-0.15, -0.1) is 10.2 Å². The Morgan fingerprint density at radius 1 is 1.45 bits per heavy atom. The number of rotatable bonds is 4. The molecule has 0 aliphatic heterocycles. The van der Waals surface area contributed by atoms with Gasteiger partial charge in [0.05, 0.1) is 24.0 Å². The van der Waals surface area contributed by atoms with Gasteiger partial charge in [0.25, 0.3) is 0 Å². The highest BCUT2D eigenvalue weighted by Gasteiger charge is 2.12. The van der Waals surface area contributed by atoms with Gasteiger partial charge >= 0.3 is 5.97 Å². The van der Waals surface area contributed by atoms with E-state index in [0.717, 1.165) is 5.69 Å². The average Bonchev–Trinajstić information content (AvgIpc) is 2.81. The first-order chi connectivity index (χ1) is 9.47. The molecule has 0 unspecified atom stereocenters. The fourth-order valence-electron chi connectivity index (χ4n) is 1.68. The van der Waals surface area contributed by atoms with E-state index in [1.807, 2.05) is 19.0 Å². The van der Waals surface area contributed by atoms with Crippen molar-refractivity contribution >= 4 is 17.3 Å². The highest BCUT2D eigenvalue weighted by Crippen LogP contribution is 2.22. The number of nitrogens with zero attached hydrogens (tertiary/aromatic N) is 5. The molecule has 0 amide bonds. The van der Waals surface area contributed by atoms with Crippen molar-refractivity contribution in [1.82, 2.24) is 20.2 Å². The Hall–Kier alpha value is -2.64. The average molecular weight is 276 g/mol. The number of ether oxygens (including phenoxy) is 1. The van der Waals surface area contributed by atoms with Crippen LogP contribution in [0.4, 0.5) is 11.4 Å². The smallest absolute Gasteiger partial charge is 0.338 e. The predicted molar refractivity (Wildman–Crippen MR) is 73.1 cm³/mol. The lowest BCUT2D eigenvalue weighted by Crippen LogP contribution is -2.12. The lowest BCUT2D eigenvalue weighted by Gasteiger charge is -2.15. The van der Waals surface area contributed by atoms with Crippen LogP contribution in [0.25, 0.3) is 0 Å². The third kappa shape index (κ3) is 3.02. The largest absolute Gasteiger partial charge is 0.454 e. The maximum atomic E-state index is 11.9. The number of aromatic nitrogens is 4. The van der Waals surface area contributed by atoms with E-state index in [1.165, 1.54) is 4.80 Å². The van der Waals surface area contributed by atoms with Crippen molar-refractivity contribution in [1.29, 1.82) is 0 Å². The van der Waals surface area contributed by atoms with Gasteiger partial charge in [-0.05, 0) is 23.4 Å². The van der Waals surface area contributed by atoms with Gasteiger partial charge in [-0.1, -0.05) is 0 Å². The van der Waals surface area contributed by atoms with Crippen LogP contribution in [-0.2, 0) is 18.4 Å². The van der Waals surface area contributed by atoms with Gasteiger partial charge in [0, 0.05) is 14.1 Å². The van der Waals surface area contributed by atoms with E-state index in [4.69, 9.17) is 10.5 Å². The second-order valence-electron chi connectivity index (χ2n) is 4.44. The zero-order chi connectivity index (χ0) is 14.7. The Kier molecular flexibility index (Phi) is 3.83. The van der Waals surface area contributed by atoms with E-state index >= 15 is 0 Å². The molecule has 0 spiro atoms. The molecule has 0 bridgehead atoms. The number of nitrogen functional groups attached to an aromatic ring is 1. The summed E-state index contributed by atoms with van der Waals surface area (Å²) in [6.07, 6.45) is 0. The van der Waals surface area contributed by atoms with E-state index in [-0.39, 0.29) is 6.61 Å². The minimum atomic E-state index is -0.477. The van der Waals surface area contributed by atoms with Crippen LogP contribution in [0.3, 0.4) is 0 Å². The molecule has 2 aromatic rings. The summed E-state index contributed by atoms with van der Waals surface area (Å²) in [7, 11) is 5.39. The molecule has 0 radical (unpaired) electrons. The van der Waals surface area contributed by atoms with Crippen LogP contribution in [-0.4, -0.2) is 40.3 Å². The van der Waals surface area contributed by atoms with Crippen molar-refractivity contribution in [3.05, 3.63) is 29.6 Å². The minimum absolute atomic E-state index is 0.0258. The summed E-state index contributed by atoms with van der Waals surface area (Å²) >= 11 is 0. The molecule has 20 heavy (non-hydrogen) atoms. The maximum absolute atomic E-state index is 11.9. The molecule has 0 saturated heterocycles. The summed E-state index contributed by atoms with van der Waals surface area (Å²) in [4.78, 5) is 15.1. The number of esters is 1. The number of hydrogen-bond acceptors (Lipinski definition) is 7. The number of carbonyl (C=O) groups excluding carboxylic acids is 1. The van der Waals surface area contributed by atoms with Crippen molar-refractivity contribution in [2.24, 2.45) is 7.05 Å². The molecule has 1 aromatic carbocycles. The van der Waals surface area contributed by atoms with E-state index in [1.54, 1.807) is 25.2 Å². The second kappa shape index (κ2) is 5.55. The molecule has 1 heterocycles. The monoisotopic (exact) mass is 276 g/mol. The number of benzene rings is 1. The number of hydrogen-bond donors (Lipinski definition) is 1. The van der Waals surface area contributed by atoms with Gasteiger partial charge in [-0.25, -0.2) is 4.79 Å². The van der Waals surface area contributed by atoms with Gasteiger partial charge < -0.3 is 15.4 Å². The lowest BCUT2D eigenvalue weighted by molar-refractivity contribution is 0.0462. The summed E-state index contributed by atoms with van der Waals surface area (Å²) in [6.45, 7) is -0.0258. The summed E-state index contributed by atoms with van der Waals surface area (Å²) in [5.41, 5.74) is 7.63. The molecule has 2 N–H and O–H groups in total. The Morgan fingerprint density at radius 2 is 2.20 bits per heavy atom. The molecule has 0 atom stereocenters. The molecule has 8 nitrogen and oxygen atoms in total. The molecule has 1 aromatic heterocycles. The van der Waals surface area contributed by atoms with Crippen molar-refractivity contribution < 1.29 is 9.53 Å². The number of nitrogens with two attached hydrogens (primary N) is 1. The summed E-state index contributed by atoms with van der Waals surface area (Å²) in [5, 5.41) is 11.3. The molecule has 0 aliphatic carbocycles. The van der Waals surface area contributed by atoms with Gasteiger partial charge in [-0.3, -0.25) is 0 Å². The zero-order valence-electron chi connectivity index (χ0n) is 11.6. The maximum Gasteiger partial charge on any atom is 0.338 e. The normalized spacial score (nSPS) is 10.3. The summed E-state index contributed by atoms with van der Waals surface area (Å²) in [5.74, 6) is -0.131. The third-order valence-electron chi connectivity index (χ3n) is 2.63. The van der Waals surface area contributed by atoms with Crippen LogP contribution in [0.2, 0.25) is 0 Å². The van der Waals surface area contributed by atoms with Gasteiger partial charge in [0.2, 0.25) is 5.82 Å². The van der Waals surface area contributed by atoms with Crippen molar-refractivity contribution in [2.75, 3.05) is 24.7 Å². The van der Waals surface area contributed by atoms with Crippen LogP contribution in [0, 0.1) is 0 Å². The van der Waals surface area contributed by atoms with E-state index in [0.29, 0.717) is 17.1 Å². The van der Waals surface area contributed by atoms with Gasteiger partial charge in [0.15, 0.2) is 6.61 Å². The third-order valence-corrected chi connectivity index (χ3v) is 2.63. The molecule has 0 saturated carbocycles. The van der Waals surface area contributed by atoms with Crippen molar-refractivity contribution in [3.63, 3.8) is 0 Å². The van der Waals surface area contributed by atoms with Crippen LogP contribution in [0.15, 0.2) is 18.2 Å². The van der Waals surface area contributed by atoms with E-state index in [9.17, 15) is 4.79 Å². The highest BCUT2D eigenvalue weighted by molar-refractivity contribution is 5.92. The Morgan fingerprint density at radius 3 is 2.75 bits per heavy atom. The predicted octanol–water partition coefficient (Wildman–Crippen LogP) is 0.215. The van der Waals surface area contributed by atoms with E-state index in [2.05, 4.69) is 15.4 Å². The molecular weight excluding hydrogens is 260 g/mol. The molecular formula is C12H16N6O2. The summed E-state index contributed by atoms with van der Waals surface area (Å²) < 4.78 is 5.10. The SMILES string of the molecule is CN(C)c1ccc(C(=O)OCc2nnn(C)n2)cc1N. The standard InChI is InChI=1S/C12H16N6O2/c1-17(2)10-5-4-8(6-9(10)13)12(19)20-7-11-14-16-18(3)15-11/h4-6H,7,13H2,1-3H3. The van der Waals surface area contributed by atoms with Gasteiger partial charge in [-0.2, -0.15) is 4.80 Å². The first-order valence-electron chi connectivity index (χ1n) is 5.94. The molecule has 0 fully saturated rings. The number of carbonyl (C=O) groups is 1. The van der Waals surface area contributed by atoms with Gasteiger partial charge in [0.1, 0.15) is 0 Å². The lowest BCUT2D eigenvalue weighted by atomic mass is 10.1. The fraction of sp³-hybridized carbons (Fsp3) is 0.333. The first kappa shape index (κ1) is 13.8. The minimum Gasteiger partial charge on any atom is -0.454 e. The number of tetrazole rings is 1. The molecule has 8 heteroatoms. The second-order valence-corrected chi connectivity index (χ2v) is 4.44. The zero-order valence-corrected chi connectivity index (χ0v) is 11.6. The Labute approximate surface area is 116 Å². The fourth-order valence-corrected chi connectivity index (χ4v) is 1.68. The van der Waals surface area contributed by atoms with E-state index < -0.39 is 5.97 Å². The van der Waals surface area contributed by atoms with Crippen LogP contribution in [0.1, 0.15) is 16.2 Å². The topological polar surface area (TPSA) is 99.2 Å². The quantitative estimate of drug-likeness (QED) is 0.629. The van der Waals surface area contributed by atoms with Crippen molar-refractivity contribution in [2.45, 2.75) is 6.61 Å². The number of anilines is 2. The van der Waals surface area contributed by atoms with Crippen molar-refractivity contribution in [3.8, 4) is 0 Å². The Bertz CT molecular complexity index is 622. The number of aryl methyl sites for hydroxylation is 1.